The van der Waals surface area contributed by atoms with Crippen LogP contribution in [0.4, 0.5) is 4.39 Å². The Bertz CT molecular complexity index is 456. The van der Waals surface area contributed by atoms with Crippen LogP contribution < -0.4 is 4.74 Å². The first-order valence-electron chi connectivity index (χ1n) is 5.26. The predicted octanol–water partition coefficient (Wildman–Crippen LogP) is 1.85. The van der Waals surface area contributed by atoms with E-state index in [4.69, 9.17) is 14.6 Å². The number of para-hydroxylation sites is 1. The maximum absolute atomic E-state index is 13.4. The summed E-state index contributed by atoms with van der Waals surface area (Å²) in [5.74, 6) is -3.33. The average Bonchev–Trinajstić information content (AvgIpc) is 2.25. The smallest absolute Gasteiger partial charge is 0.344 e. The Morgan fingerprint density at radius 3 is 2.61 bits per heavy atom. The van der Waals surface area contributed by atoms with Gasteiger partial charge in [-0.05, 0) is 26.0 Å². The summed E-state index contributed by atoms with van der Waals surface area (Å²) in [6.07, 6.45) is -0.319. The molecule has 1 aromatic carbocycles. The quantitative estimate of drug-likeness (QED) is 0.814. The molecule has 0 bridgehead atoms. The van der Waals surface area contributed by atoms with E-state index in [2.05, 4.69) is 0 Å². The fourth-order valence-corrected chi connectivity index (χ4v) is 1.25. The van der Waals surface area contributed by atoms with E-state index in [0.29, 0.717) is 0 Å². The minimum atomic E-state index is -1.33. The van der Waals surface area contributed by atoms with Gasteiger partial charge in [-0.2, -0.15) is 0 Å². The first-order chi connectivity index (χ1) is 8.41. The molecule has 0 aliphatic carbocycles. The SMILES string of the molecule is CC(C)OC(=O)COc1c(F)cccc1C(=O)O. The van der Waals surface area contributed by atoms with Crippen LogP contribution in [0, 0.1) is 5.82 Å². The van der Waals surface area contributed by atoms with Gasteiger partial charge in [-0.25, -0.2) is 14.0 Å². The number of carbonyl (C=O) groups excluding carboxylic acids is 1. The van der Waals surface area contributed by atoms with Crippen molar-refractivity contribution in [2.24, 2.45) is 0 Å². The van der Waals surface area contributed by atoms with E-state index in [9.17, 15) is 14.0 Å². The highest BCUT2D eigenvalue weighted by molar-refractivity contribution is 5.91. The molecule has 1 N–H and O–H groups in total. The summed E-state index contributed by atoms with van der Waals surface area (Å²) < 4.78 is 23.0. The summed E-state index contributed by atoms with van der Waals surface area (Å²) in [5.41, 5.74) is -0.340. The minimum absolute atomic E-state index is 0.319. The molecule has 0 amide bonds. The zero-order valence-electron chi connectivity index (χ0n) is 9.97. The van der Waals surface area contributed by atoms with Crippen LogP contribution in [0.25, 0.3) is 0 Å². The van der Waals surface area contributed by atoms with E-state index in [-0.39, 0.29) is 11.7 Å². The Morgan fingerprint density at radius 1 is 1.39 bits per heavy atom. The number of aromatic carboxylic acids is 1. The van der Waals surface area contributed by atoms with Gasteiger partial charge in [0.15, 0.2) is 18.2 Å². The highest BCUT2D eigenvalue weighted by Crippen LogP contribution is 2.22. The number of ether oxygens (including phenoxy) is 2. The zero-order chi connectivity index (χ0) is 13.7. The molecule has 1 aromatic rings. The molecule has 0 spiro atoms. The van der Waals surface area contributed by atoms with Crippen LogP contribution in [0.15, 0.2) is 18.2 Å². The third kappa shape index (κ3) is 3.73. The summed E-state index contributed by atoms with van der Waals surface area (Å²) in [5, 5.41) is 8.84. The molecule has 18 heavy (non-hydrogen) atoms. The van der Waals surface area contributed by atoms with E-state index in [1.807, 2.05) is 0 Å². The summed E-state index contributed by atoms with van der Waals surface area (Å²) >= 11 is 0. The Hall–Kier alpha value is -2.11. The van der Waals surface area contributed by atoms with Gasteiger partial charge in [0.25, 0.3) is 0 Å². The second-order valence-corrected chi connectivity index (χ2v) is 3.75. The molecular formula is C12H13FO5. The lowest BCUT2D eigenvalue weighted by atomic mass is 10.2. The van der Waals surface area contributed by atoms with E-state index in [1.54, 1.807) is 13.8 Å². The fourth-order valence-electron chi connectivity index (χ4n) is 1.25. The van der Waals surface area contributed by atoms with Crippen LogP contribution >= 0.6 is 0 Å². The number of hydrogen-bond acceptors (Lipinski definition) is 4. The topological polar surface area (TPSA) is 72.8 Å². The summed E-state index contributed by atoms with van der Waals surface area (Å²) in [6.45, 7) is 2.77. The van der Waals surface area contributed by atoms with Crippen molar-refractivity contribution in [2.45, 2.75) is 20.0 Å². The molecule has 0 fully saturated rings. The van der Waals surface area contributed by atoms with Gasteiger partial charge in [-0.15, -0.1) is 0 Å². The molecule has 0 aliphatic heterocycles. The average molecular weight is 256 g/mol. The minimum Gasteiger partial charge on any atom is -0.478 e. The van der Waals surface area contributed by atoms with Crippen molar-refractivity contribution in [1.82, 2.24) is 0 Å². The highest BCUT2D eigenvalue weighted by Gasteiger charge is 2.17. The molecule has 1 rings (SSSR count). The summed E-state index contributed by atoms with van der Waals surface area (Å²) in [6, 6.07) is 3.49. The standard InChI is InChI=1S/C12H13FO5/c1-7(2)18-10(14)6-17-11-8(12(15)16)4-3-5-9(11)13/h3-5,7H,6H2,1-2H3,(H,15,16). The van der Waals surface area contributed by atoms with Crippen LogP contribution in [0.1, 0.15) is 24.2 Å². The van der Waals surface area contributed by atoms with Gasteiger partial charge in [-0.1, -0.05) is 6.07 Å². The molecule has 0 saturated carbocycles. The molecule has 98 valence electrons. The number of halogens is 1. The lowest BCUT2D eigenvalue weighted by Crippen LogP contribution is -2.20. The van der Waals surface area contributed by atoms with Crippen molar-refractivity contribution in [2.75, 3.05) is 6.61 Å². The first-order valence-corrected chi connectivity index (χ1v) is 5.26. The molecule has 0 aliphatic rings. The first kappa shape index (κ1) is 14.0. The van der Waals surface area contributed by atoms with Crippen LogP contribution in [0.5, 0.6) is 5.75 Å². The van der Waals surface area contributed by atoms with Gasteiger partial charge in [0.1, 0.15) is 5.56 Å². The van der Waals surface area contributed by atoms with Gasteiger partial charge < -0.3 is 14.6 Å². The van der Waals surface area contributed by atoms with Crippen molar-refractivity contribution in [3.63, 3.8) is 0 Å². The predicted molar refractivity (Wildman–Crippen MR) is 60.1 cm³/mol. The van der Waals surface area contributed by atoms with E-state index in [1.165, 1.54) is 12.1 Å². The second-order valence-electron chi connectivity index (χ2n) is 3.75. The number of carbonyl (C=O) groups is 2. The maximum Gasteiger partial charge on any atom is 0.344 e. The van der Waals surface area contributed by atoms with Crippen molar-refractivity contribution in [3.05, 3.63) is 29.6 Å². The van der Waals surface area contributed by atoms with Gasteiger partial charge in [0.05, 0.1) is 6.10 Å². The Balaban J connectivity index is 2.78. The van der Waals surface area contributed by atoms with Crippen molar-refractivity contribution in [3.8, 4) is 5.75 Å². The molecule has 5 nitrogen and oxygen atoms in total. The largest absolute Gasteiger partial charge is 0.478 e. The number of rotatable bonds is 5. The lowest BCUT2D eigenvalue weighted by Gasteiger charge is -2.11. The number of hydrogen-bond donors (Lipinski definition) is 1. The molecule has 6 heteroatoms. The molecule has 0 heterocycles. The maximum atomic E-state index is 13.4. The lowest BCUT2D eigenvalue weighted by molar-refractivity contribution is -0.149. The van der Waals surface area contributed by atoms with Gasteiger partial charge >= 0.3 is 11.9 Å². The van der Waals surface area contributed by atoms with E-state index < -0.39 is 30.1 Å². The fraction of sp³-hybridized carbons (Fsp3) is 0.333. The highest BCUT2D eigenvalue weighted by atomic mass is 19.1. The number of benzene rings is 1. The van der Waals surface area contributed by atoms with Gasteiger partial charge in [0, 0.05) is 0 Å². The van der Waals surface area contributed by atoms with E-state index >= 15 is 0 Å². The van der Waals surface area contributed by atoms with Gasteiger partial charge in [-0.3, -0.25) is 0 Å². The third-order valence-electron chi connectivity index (χ3n) is 1.90. The monoisotopic (exact) mass is 256 g/mol. The van der Waals surface area contributed by atoms with Crippen LogP contribution in [0.3, 0.4) is 0 Å². The number of carboxylic acids is 1. The van der Waals surface area contributed by atoms with Gasteiger partial charge in [0.2, 0.25) is 0 Å². The van der Waals surface area contributed by atoms with E-state index in [0.717, 1.165) is 6.07 Å². The molecule has 0 aromatic heterocycles. The molecule has 0 atom stereocenters. The van der Waals surface area contributed by atoms with Crippen molar-refractivity contribution < 1.29 is 28.6 Å². The molecule has 0 radical (unpaired) electrons. The Labute approximate surface area is 103 Å². The van der Waals surface area contributed by atoms with Crippen molar-refractivity contribution in [1.29, 1.82) is 0 Å². The third-order valence-corrected chi connectivity index (χ3v) is 1.90. The summed E-state index contributed by atoms with van der Waals surface area (Å²) in [4.78, 5) is 22.0. The molecule has 0 saturated heterocycles. The second kappa shape index (κ2) is 6.00. The normalized spacial score (nSPS) is 10.2. The van der Waals surface area contributed by atoms with Crippen molar-refractivity contribution >= 4 is 11.9 Å². The zero-order valence-corrected chi connectivity index (χ0v) is 9.97. The van der Waals surface area contributed by atoms with Crippen LogP contribution in [-0.4, -0.2) is 29.8 Å². The number of carboxylic acid groups (broad SMARTS) is 1. The van der Waals surface area contributed by atoms with Crippen LogP contribution in [0.2, 0.25) is 0 Å². The Kier molecular flexibility index (Phi) is 4.65. The number of esters is 1. The molecular weight excluding hydrogens is 243 g/mol. The Morgan fingerprint density at radius 2 is 2.06 bits per heavy atom. The van der Waals surface area contributed by atoms with Crippen LogP contribution in [-0.2, 0) is 9.53 Å². The molecule has 0 unspecified atom stereocenters. The summed E-state index contributed by atoms with van der Waals surface area (Å²) in [7, 11) is 0.